The molecule has 6 heteroatoms. The molecule has 0 heterocycles. The van der Waals surface area contributed by atoms with Crippen LogP contribution in [0.3, 0.4) is 0 Å². The quantitative estimate of drug-likeness (QED) is 0.645. The van der Waals surface area contributed by atoms with Gasteiger partial charge in [0.15, 0.2) is 6.49 Å². The molecule has 0 spiro atoms. The third-order valence-corrected chi connectivity index (χ3v) is 3.81. The second-order valence-electron chi connectivity index (χ2n) is 2.30. The van der Waals surface area contributed by atoms with Gasteiger partial charge in [0, 0.05) is 29.5 Å². The fourth-order valence-corrected chi connectivity index (χ4v) is 2.54. The molecule has 3 nitrogen and oxygen atoms in total. The Hall–Kier alpha value is 0.720. The molecule has 0 rings (SSSR count). The van der Waals surface area contributed by atoms with E-state index in [1.165, 1.54) is 0 Å². The van der Waals surface area contributed by atoms with Crippen molar-refractivity contribution < 1.29 is 13.3 Å². The average molecular weight is 230 g/mol. The van der Waals surface area contributed by atoms with Gasteiger partial charge in [-0.1, -0.05) is 0 Å². The standard InChI is InChI=1S/C6H15O3PS2/c1-4-8-10(2,11)9-5-6-12(3)7/h4-6H2,1-3H3. The summed E-state index contributed by atoms with van der Waals surface area (Å²) in [5, 5.41) is 0. The molecule has 0 saturated carbocycles. The van der Waals surface area contributed by atoms with E-state index in [9.17, 15) is 4.21 Å². The molecule has 0 saturated heterocycles. The Morgan fingerprint density at radius 3 is 2.50 bits per heavy atom. The molecule has 0 aliphatic rings. The van der Waals surface area contributed by atoms with E-state index >= 15 is 0 Å². The minimum Gasteiger partial charge on any atom is -0.330 e. The van der Waals surface area contributed by atoms with Crippen molar-refractivity contribution in [2.24, 2.45) is 0 Å². The first kappa shape index (κ1) is 12.7. The SMILES string of the molecule is CCOP(C)(=S)OCCS(C)=O. The summed E-state index contributed by atoms with van der Waals surface area (Å²) in [5.41, 5.74) is 0. The van der Waals surface area contributed by atoms with Gasteiger partial charge in [0.25, 0.3) is 0 Å². The lowest BCUT2D eigenvalue weighted by molar-refractivity contribution is 0.272. The second-order valence-corrected chi connectivity index (χ2v) is 7.90. The summed E-state index contributed by atoms with van der Waals surface area (Å²) in [6.45, 7) is 2.61. The van der Waals surface area contributed by atoms with Crippen molar-refractivity contribution in [3.63, 3.8) is 0 Å². The number of rotatable bonds is 6. The minimum absolute atomic E-state index is 0.427. The summed E-state index contributed by atoms with van der Waals surface area (Å²) in [5.74, 6) is 0.527. The average Bonchev–Trinajstić information content (AvgIpc) is 1.85. The molecular formula is C6H15O3PS2. The lowest BCUT2D eigenvalue weighted by Gasteiger charge is -2.15. The molecule has 0 N–H and O–H groups in total. The predicted molar refractivity (Wildman–Crippen MR) is 56.7 cm³/mol. The predicted octanol–water partition coefficient (Wildman–Crippen LogP) is 1.36. The maximum absolute atomic E-state index is 10.7. The van der Waals surface area contributed by atoms with Crippen LogP contribution < -0.4 is 0 Å². The topological polar surface area (TPSA) is 35.5 Å². The zero-order chi connectivity index (χ0) is 9.61. The van der Waals surface area contributed by atoms with E-state index in [4.69, 9.17) is 20.9 Å². The van der Waals surface area contributed by atoms with Crippen molar-refractivity contribution in [1.82, 2.24) is 0 Å². The third kappa shape index (κ3) is 7.37. The summed E-state index contributed by atoms with van der Waals surface area (Å²) in [6, 6.07) is 0. The Morgan fingerprint density at radius 1 is 1.50 bits per heavy atom. The first-order valence-electron chi connectivity index (χ1n) is 3.64. The summed E-state index contributed by atoms with van der Waals surface area (Å²) in [4.78, 5) is 0. The van der Waals surface area contributed by atoms with E-state index in [2.05, 4.69) is 0 Å². The van der Waals surface area contributed by atoms with Gasteiger partial charge in [-0.2, -0.15) is 0 Å². The molecule has 2 atom stereocenters. The Kier molecular flexibility index (Phi) is 6.59. The summed E-state index contributed by atoms with van der Waals surface area (Å²) in [6.07, 6.45) is 1.64. The molecule has 0 aliphatic carbocycles. The van der Waals surface area contributed by atoms with Gasteiger partial charge in [0.1, 0.15) is 0 Å². The molecule has 2 unspecified atom stereocenters. The van der Waals surface area contributed by atoms with Gasteiger partial charge in [-0.25, -0.2) is 0 Å². The van der Waals surface area contributed by atoms with E-state index in [1.807, 2.05) is 6.92 Å². The smallest absolute Gasteiger partial charge is 0.185 e. The summed E-state index contributed by atoms with van der Waals surface area (Å²) >= 11 is 5.06. The molecule has 0 bridgehead atoms. The summed E-state index contributed by atoms with van der Waals surface area (Å²) < 4.78 is 21.2. The highest BCUT2D eigenvalue weighted by molar-refractivity contribution is 8.09. The van der Waals surface area contributed by atoms with E-state index < -0.39 is 17.3 Å². The first-order chi connectivity index (χ1) is 5.48. The van der Waals surface area contributed by atoms with Crippen LogP contribution >= 0.6 is 6.49 Å². The normalized spacial score (nSPS) is 18.6. The van der Waals surface area contributed by atoms with Gasteiger partial charge in [0.05, 0.1) is 13.2 Å². The van der Waals surface area contributed by atoms with Crippen LogP contribution in [0.25, 0.3) is 0 Å². The van der Waals surface area contributed by atoms with Gasteiger partial charge in [0.2, 0.25) is 0 Å². The zero-order valence-corrected chi connectivity index (χ0v) is 10.1. The highest BCUT2D eigenvalue weighted by Crippen LogP contribution is 2.43. The lowest BCUT2D eigenvalue weighted by Crippen LogP contribution is -2.04. The maximum Gasteiger partial charge on any atom is 0.185 e. The van der Waals surface area contributed by atoms with Crippen LogP contribution in [0.1, 0.15) is 6.92 Å². The van der Waals surface area contributed by atoms with Gasteiger partial charge >= 0.3 is 0 Å². The fraction of sp³-hybridized carbons (Fsp3) is 1.00. The Morgan fingerprint density at radius 2 is 2.08 bits per heavy atom. The van der Waals surface area contributed by atoms with Crippen molar-refractivity contribution in [1.29, 1.82) is 0 Å². The first-order valence-corrected chi connectivity index (χ1v) is 8.46. The molecule has 0 aromatic rings. The van der Waals surface area contributed by atoms with Crippen molar-refractivity contribution in [3.05, 3.63) is 0 Å². The Balaban J connectivity index is 3.61. The largest absolute Gasteiger partial charge is 0.330 e. The van der Waals surface area contributed by atoms with Crippen LogP contribution in [-0.2, 0) is 31.7 Å². The molecule has 0 aliphatic heterocycles. The molecular weight excluding hydrogens is 215 g/mol. The van der Waals surface area contributed by atoms with Gasteiger partial charge < -0.3 is 9.05 Å². The monoisotopic (exact) mass is 230 g/mol. The molecule has 12 heavy (non-hydrogen) atoms. The van der Waals surface area contributed by atoms with Crippen molar-refractivity contribution in [2.75, 3.05) is 31.9 Å². The Bertz CT molecular complexity index is 195. The molecule has 0 amide bonds. The van der Waals surface area contributed by atoms with Crippen LogP contribution in [0.2, 0.25) is 0 Å². The molecule has 74 valence electrons. The van der Waals surface area contributed by atoms with Crippen molar-refractivity contribution >= 4 is 29.1 Å². The van der Waals surface area contributed by atoms with E-state index in [-0.39, 0.29) is 0 Å². The molecule has 0 fully saturated rings. The molecule has 0 radical (unpaired) electrons. The van der Waals surface area contributed by atoms with Crippen LogP contribution in [0.15, 0.2) is 0 Å². The number of hydrogen-bond acceptors (Lipinski definition) is 4. The zero-order valence-electron chi connectivity index (χ0n) is 7.61. The fourth-order valence-electron chi connectivity index (χ4n) is 0.592. The van der Waals surface area contributed by atoms with Crippen LogP contribution in [0, 0.1) is 0 Å². The molecule has 0 aromatic carbocycles. The minimum atomic E-state index is -2.05. The third-order valence-electron chi connectivity index (χ3n) is 1.06. The van der Waals surface area contributed by atoms with E-state index in [0.717, 1.165) is 0 Å². The Labute approximate surface area is 81.5 Å². The van der Waals surface area contributed by atoms with Crippen LogP contribution in [-0.4, -0.2) is 36.1 Å². The van der Waals surface area contributed by atoms with Crippen LogP contribution in [0.5, 0.6) is 0 Å². The lowest BCUT2D eigenvalue weighted by atomic mass is 10.9. The van der Waals surface area contributed by atoms with E-state index in [0.29, 0.717) is 19.0 Å². The second kappa shape index (κ2) is 6.22. The van der Waals surface area contributed by atoms with Gasteiger partial charge in [-0.3, -0.25) is 4.21 Å². The highest BCUT2D eigenvalue weighted by Gasteiger charge is 2.09. The molecule has 0 aromatic heterocycles. The summed E-state index contributed by atoms with van der Waals surface area (Å²) in [7, 11) is -0.813. The van der Waals surface area contributed by atoms with Crippen LogP contribution in [0.4, 0.5) is 0 Å². The van der Waals surface area contributed by atoms with Gasteiger partial charge in [-0.15, -0.1) is 0 Å². The maximum atomic E-state index is 10.7. The van der Waals surface area contributed by atoms with Crippen molar-refractivity contribution in [3.8, 4) is 0 Å². The number of hydrogen-bond donors (Lipinski definition) is 0. The van der Waals surface area contributed by atoms with Gasteiger partial charge in [-0.05, 0) is 18.7 Å². The van der Waals surface area contributed by atoms with E-state index in [1.54, 1.807) is 12.9 Å². The van der Waals surface area contributed by atoms with Crippen molar-refractivity contribution in [2.45, 2.75) is 6.92 Å². The highest BCUT2D eigenvalue weighted by atomic mass is 32.5.